The summed E-state index contributed by atoms with van der Waals surface area (Å²) in [6.45, 7) is 0. The van der Waals surface area contributed by atoms with Gasteiger partial charge in [-0.2, -0.15) is 0 Å². The van der Waals surface area contributed by atoms with Gasteiger partial charge in [-0.15, -0.1) is 0 Å². The molecule has 2 rings (SSSR count). The third kappa shape index (κ3) is 2.22. The summed E-state index contributed by atoms with van der Waals surface area (Å²) in [5.41, 5.74) is 0.301. The van der Waals surface area contributed by atoms with Crippen LogP contribution in [0, 0.1) is 0 Å². The van der Waals surface area contributed by atoms with Crippen LogP contribution in [0.1, 0.15) is 11.1 Å². The van der Waals surface area contributed by atoms with E-state index in [2.05, 4.69) is 0 Å². The summed E-state index contributed by atoms with van der Waals surface area (Å²) < 4.78 is 33.2. The predicted molar refractivity (Wildman–Crippen MR) is 55.1 cm³/mol. The first kappa shape index (κ1) is 14.8. The zero-order chi connectivity index (χ0) is 12.0. The van der Waals surface area contributed by atoms with Crippen LogP contribution < -0.4 is 29.6 Å². The molecule has 1 aromatic rings. The SMILES string of the molecule is O=S(=O)([O-])C1(O)c2ccccc2C=CC1O.[Na+]. The molecule has 0 bridgehead atoms. The van der Waals surface area contributed by atoms with E-state index in [1.165, 1.54) is 18.2 Å². The minimum Gasteiger partial charge on any atom is -0.745 e. The fourth-order valence-corrected chi connectivity index (χ4v) is 2.57. The van der Waals surface area contributed by atoms with Gasteiger partial charge in [0, 0.05) is 5.56 Å². The van der Waals surface area contributed by atoms with Crippen LogP contribution in [0.25, 0.3) is 6.08 Å². The van der Waals surface area contributed by atoms with Crippen LogP contribution in [-0.2, 0) is 15.1 Å². The number of hydrogen-bond donors (Lipinski definition) is 2. The van der Waals surface area contributed by atoms with Crippen molar-refractivity contribution >= 4 is 16.2 Å². The molecule has 7 heteroatoms. The fourth-order valence-electron chi connectivity index (χ4n) is 1.74. The first-order chi connectivity index (χ1) is 7.37. The van der Waals surface area contributed by atoms with Crippen molar-refractivity contribution in [3.8, 4) is 0 Å². The second-order valence-corrected chi connectivity index (χ2v) is 5.07. The van der Waals surface area contributed by atoms with E-state index >= 15 is 0 Å². The van der Waals surface area contributed by atoms with Crippen LogP contribution in [0.5, 0.6) is 0 Å². The van der Waals surface area contributed by atoms with Gasteiger partial charge >= 0.3 is 29.6 Å². The molecule has 0 saturated carbocycles. The Hall–Kier alpha value is -0.210. The topological polar surface area (TPSA) is 97.7 Å². The second-order valence-electron chi connectivity index (χ2n) is 3.54. The molecule has 0 saturated heterocycles. The van der Waals surface area contributed by atoms with Gasteiger partial charge in [0.1, 0.15) is 16.2 Å². The van der Waals surface area contributed by atoms with Crippen LogP contribution >= 0.6 is 0 Å². The summed E-state index contributed by atoms with van der Waals surface area (Å²) in [4.78, 5) is -2.81. The van der Waals surface area contributed by atoms with Crippen molar-refractivity contribution in [2.45, 2.75) is 11.0 Å². The average Bonchev–Trinajstić information content (AvgIpc) is 2.22. The molecule has 0 aliphatic heterocycles. The van der Waals surface area contributed by atoms with E-state index in [1.807, 2.05) is 0 Å². The monoisotopic (exact) mass is 264 g/mol. The largest absolute Gasteiger partial charge is 1.00 e. The molecule has 2 N–H and O–H groups in total. The van der Waals surface area contributed by atoms with E-state index in [0.29, 0.717) is 5.56 Å². The molecule has 86 valence electrons. The van der Waals surface area contributed by atoms with Gasteiger partial charge in [-0.05, 0) is 5.56 Å². The first-order valence-corrected chi connectivity index (χ1v) is 5.92. The molecule has 2 unspecified atom stereocenters. The molecule has 5 nitrogen and oxygen atoms in total. The molecule has 0 fully saturated rings. The van der Waals surface area contributed by atoms with Crippen LogP contribution in [0.15, 0.2) is 30.3 Å². The minimum atomic E-state index is -5.08. The minimum absolute atomic E-state index is 0. The number of aliphatic hydroxyl groups excluding tert-OH is 1. The summed E-state index contributed by atoms with van der Waals surface area (Å²) in [7, 11) is -5.08. The van der Waals surface area contributed by atoms with E-state index in [0.717, 1.165) is 6.08 Å². The van der Waals surface area contributed by atoms with Crippen molar-refractivity contribution in [1.82, 2.24) is 0 Å². The molecule has 0 spiro atoms. The molecular formula is C10H9NaO5S. The summed E-state index contributed by atoms with van der Waals surface area (Å²) in [6, 6.07) is 5.98. The van der Waals surface area contributed by atoms with E-state index in [-0.39, 0.29) is 35.1 Å². The maximum Gasteiger partial charge on any atom is 1.00 e. The Labute approximate surface area is 121 Å². The van der Waals surface area contributed by atoms with Gasteiger partial charge in [0.05, 0.1) is 0 Å². The Morgan fingerprint density at radius 3 is 2.47 bits per heavy atom. The van der Waals surface area contributed by atoms with Gasteiger partial charge in [0.25, 0.3) is 0 Å². The molecule has 0 aromatic heterocycles. The van der Waals surface area contributed by atoms with Crippen LogP contribution in [0.4, 0.5) is 0 Å². The van der Waals surface area contributed by atoms with E-state index in [4.69, 9.17) is 0 Å². The smallest absolute Gasteiger partial charge is 0.745 e. The predicted octanol–water partition coefficient (Wildman–Crippen LogP) is -3.23. The number of hydrogen-bond acceptors (Lipinski definition) is 5. The summed E-state index contributed by atoms with van der Waals surface area (Å²) in [5.74, 6) is 0. The van der Waals surface area contributed by atoms with Gasteiger partial charge in [-0.25, -0.2) is 8.42 Å². The van der Waals surface area contributed by atoms with Gasteiger partial charge < -0.3 is 14.8 Å². The van der Waals surface area contributed by atoms with Gasteiger partial charge in [-0.3, -0.25) is 0 Å². The third-order valence-corrected chi connectivity index (χ3v) is 3.81. The van der Waals surface area contributed by atoms with Crippen LogP contribution in [-0.4, -0.2) is 29.3 Å². The molecule has 1 aliphatic carbocycles. The van der Waals surface area contributed by atoms with Crippen molar-refractivity contribution in [3.05, 3.63) is 41.5 Å². The number of rotatable bonds is 1. The summed E-state index contributed by atoms with van der Waals surface area (Å²) in [6.07, 6.45) is 0.780. The van der Waals surface area contributed by atoms with E-state index in [9.17, 15) is 23.2 Å². The standard InChI is InChI=1S/C10H10O5S.Na/c11-9-6-5-7-3-1-2-4-8(7)10(9,12)16(13,14)15;/h1-6,9,11-12H,(H,13,14,15);/q;+1/p-1. The van der Waals surface area contributed by atoms with Crippen molar-refractivity contribution in [1.29, 1.82) is 0 Å². The molecule has 17 heavy (non-hydrogen) atoms. The zero-order valence-electron chi connectivity index (χ0n) is 9.07. The maximum absolute atomic E-state index is 11.1. The Morgan fingerprint density at radius 1 is 1.29 bits per heavy atom. The summed E-state index contributed by atoms with van der Waals surface area (Å²) in [5, 5.41) is 19.4. The molecule has 2 atom stereocenters. The Kier molecular flexibility index (Phi) is 4.20. The van der Waals surface area contributed by atoms with E-state index < -0.39 is 21.2 Å². The number of benzene rings is 1. The number of fused-ring (bicyclic) bond motifs is 1. The Morgan fingerprint density at radius 2 is 1.88 bits per heavy atom. The normalized spacial score (nSPS) is 27.1. The molecule has 1 aliphatic rings. The molecule has 1 aromatic carbocycles. The van der Waals surface area contributed by atoms with Crippen molar-refractivity contribution in [2.75, 3.05) is 0 Å². The summed E-state index contributed by atoms with van der Waals surface area (Å²) >= 11 is 0. The molecular weight excluding hydrogens is 255 g/mol. The fraction of sp³-hybridized carbons (Fsp3) is 0.200. The Bertz CT molecular complexity index is 554. The van der Waals surface area contributed by atoms with Gasteiger partial charge in [-0.1, -0.05) is 36.4 Å². The van der Waals surface area contributed by atoms with E-state index in [1.54, 1.807) is 12.1 Å². The average molecular weight is 264 g/mol. The van der Waals surface area contributed by atoms with Gasteiger partial charge in [0.2, 0.25) is 4.93 Å². The molecule has 0 radical (unpaired) electrons. The quantitative estimate of drug-likeness (QED) is 0.410. The van der Waals surface area contributed by atoms with Gasteiger partial charge in [0.15, 0.2) is 0 Å². The third-order valence-electron chi connectivity index (χ3n) is 2.59. The number of aliphatic hydroxyl groups is 2. The van der Waals surface area contributed by atoms with Crippen molar-refractivity contribution in [2.24, 2.45) is 0 Å². The maximum atomic E-state index is 11.1. The zero-order valence-corrected chi connectivity index (χ0v) is 11.9. The Balaban J connectivity index is 0.00000144. The van der Waals surface area contributed by atoms with Crippen LogP contribution in [0.3, 0.4) is 0 Å². The van der Waals surface area contributed by atoms with Crippen molar-refractivity contribution in [3.63, 3.8) is 0 Å². The molecule has 0 amide bonds. The van der Waals surface area contributed by atoms with Crippen LogP contribution in [0.2, 0.25) is 0 Å². The second kappa shape index (κ2) is 4.81. The first-order valence-electron chi connectivity index (χ1n) is 4.51. The van der Waals surface area contributed by atoms with Crippen molar-refractivity contribution < 1.29 is 52.7 Å². The molecule has 0 heterocycles.